The first-order valence-electron chi connectivity index (χ1n) is 3.71. The van der Waals surface area contributed by atoms with Crippen LogP contribution >= 0.6 is 11.3 Å². The molecule has 0 amide bonds. The van der Waals surface area contributed by atoms with Crippen LogP contribution in [0, 0.1) is 0 Å². The second-order valence-electron chi connectivity index (χ2n) is 2.26. The Morgan fingerprint density at radius 1 is 1.54 bits per heavy atom. The van der Waals surface area contributed by atoms with Crippen molar-refractivity contribution in [1.82, 2.24) is 20.3 Å². The number of nitrogens with one attached hydrogen (secondary N) is 1. The first-order valence-corrected chi connectivity index (χ1v) is 4.59. The van der Waals surface area contributed by atoms with E-state index in [2.05, 4.69) is 25.7 Å². The molecule has 68 valence electrons. The predicted octanol–water partition coefficient (Wildman–Crippen LogP) is 0.576. The van der Waals surface area contributed by atoms with E-state index in [1.165, 1.54) is 17.7 Å². The quantitative estimate of drug-likeness (QED) is 0.772. The third-order valence-corrected chi connectivity index (χ3v) is 2.03. The Hall–Kier alpha value is -1.50. The second-order valence-corrected chi connectivity index (χ2v) is 3.09. The zero-order valence-electron chi connectivity index (χ0n) is 6.67. The molecule has 2 aromatic rings. The van der Waals surface area contributed by atoms with E-state index in [0.29, 0.717) is 12.3 Å². The van der Waals surface area contributed by atoms with Gasteiger partial charge in [0.25, 0.3) is 0 Å². The molecule has 0 aromatic carbocycles. The van der Waals surface area contributed by atoms with Crippen molar-refractivity contribution < 1.29 is 4.52 Å². The number of hydrogen-bond acceptors (Lipinski definition) is 7. The van der Waals surface area contributed by atoms with Crippen LogP contribution < -0.4 is 5.32 Å². The predicted molar refractivity (Wildman–Crippen MR) is 46.4 cm³/mol. The smallest absolute Gasteiger partial charge is 0.228 e. The van der Waals surface area contributed by atoms with E-state index in [9.17, 15) is 0 Å². The van der Waals surface area contributed by atoms with E-state index in [1.807, 2.05) is 0 Å². The molecule has 13 heavy (non-hydrogen) atoms. The monoisotopic (exact) mass is 197 g/mol. The Morgan fingerprint density at radius 3 is 3.23 bits per heavy atom. The molecule has 7 heteroatoms. The summed E-state index contributed by atoms with van der Waals surface area (Å²) in [5, 5.41) is 14.9. The molecule has 0 fully saturated rings. The van der Waals surface area contributed by atoms with Gasteiger partial charge in [-0.1, -0.05) is 16.5 Å². The minimum Gasteiger partial charge on any atom is -0.360 e. The number of nitrogens with zero attached hydrogens (tertiary/aromatic N) is 4. The molecule has 0 bridgehead atoms. The molecule has 0 aliphatic carbocycles. The van der Waals surface area contributed by atoms with Gasteiger partial charge in [-0.25, -0.2) is 0 Å². The molecule has 2 heterocycles. The molecule has 0 unspecified atom stereocenters. The third kappa shape index (κ3) is 2.22. The van der Waals surface area contributed by atoms with Gasteiger partial charge in [0.05, 0.1) is 0 Å². The largest absolute Gasteiger partial charge is 0.360 e. The van der Waals surface area contributed by atoms with Gasteiger partial charge in [-0.3, -0.25) is 0 Å². The number of anilines is 1. The van der Waals surface area contributed by atoms with E-state index < -0.39 is 0 Å². The summed E-state index contributed by atoms with van der Waals surface area (Å²) in [4.78, 5) is 3.88. The number of rotatable bonds is 4. The molecular formula is C6H7N5OS. The maximum absolute atomic E-state index is 4.82. The van der Waals surface area contributed by atoms with Crippen LogP contribution in [0.15, 0.2) is 16.4 Å². The van der Waals surface area contributed by atoms with Crippen molar-refractivity contribution in [2.24, 2.45) is 0 Å². The minimum absolute atomic E-state index is 0.622. The summed E-state index contributed by atoms with van der Waals surface area (Å²) in [6.07, 6.45) is 2.08. The van der Waals surface area contributed by atoms with Crippen LogP contribution in [0.4, 0.5) is 5.13 Å². The van der Waals surface area contributed by atoms with Crippen LogP contribution in [0.1, 0.15) is 5.89 Å². The van der Waals surface area contributed by atoms with Gasteiger partial charge in [0.15, 0.2) is 6.33 Å². The maximum atomic E-state index is 4.82. The van der Waals surface area contributed by atoms with Crippen molar-refractivity contribution in [1.29, 1.82) is 0 Å². The number of aromatic nitrogens is 4. The van der Waals surface area contributed by atoms with Crippen LogP contribution in [0.3, 0.4) is 0 Å². The Labute approximate surface area is 78.0 Å². The molecule has 0 radical (unpaired) electrons. The van der Waals surface area contributed by atoms with Crippen LogP contribution in [0.5, 0.6) is 0 Å². The van der Waals surface area contributed by atoms with Gasteiger partial charge in [0.1, 0.15) is 5.51 Å². The van der Waals surface area contributed by atoms with Gasteiger partial charge in [0, 0.05) is 13.0 Å². The fourth-order valence-electron chi connectivity index (χ4n) is 0.833. The van der Waals surface area contributed by atoms with E-state index >= 15 is 0 Å². The van der Waals surface area contributed by atoms with Crippen LogP contribution in [0.25, 0.3) is 0 Å². The summed E-state index contributed by atoms with van der Waals surface area (Å²) in [6, 6.07) is 0. The molecule has 0 spiro atoms. The Kier molecular flexibility index (Phi) is 2.46. The minimum atomic E-state index is 0.622. The van der Waals surface area contributed by atoms with E-state index in [0.717, 1.165) is 11.7 Å². The SMILES string of the molecule is c1noc(CCNc2nncs2)n1. The molecule has 0 aliphatic rings. The van der Waals surface area contributed by atoms with Gasteiger partial charge in [-0.15, -0.1) is 10.2 Å². The first kappa shape index (κ1) is 8.11. The summed E-state index contributed by atoms with van der Waals surface area (Å²) < 4.78 is 4.82. The van der Waals surface area contributed by atoms with Gasteiger partial charge < -0.3 is 9.84 Å². The molecule has 2 aromatic heterocycles. The summed E-state index contributed by atoms with van der Waals surface area (Å²) in [6.45, 7) is 0.720. The van der Waals surface area contributed by atoms with Crippen molar-refractivity contribution in [3.63, 3.8) is 0 Å². The standard InChI is InChI=1S/C6H7N5OS/c1(5-8-3-10-12-5)2-7-6-11-9-4-13-6/h3-4H,1-2H2,(H,7,11). The highest BCUT2D eigenvalue weighted by Crippen LogP contribution is 2.07. The topological polar surface area (TPSA) is 76.7 Å². The highest BCUT2D eigenvalue weighted by molar-refractivity contribution is 7.13. The van der Waals surface area contributed by atoms with E-state index in [4.69, 9.17) is 4.52 Å². The molecule has 2 rings (SSSR count). The summed E-state index contributed by atoms with van der Waals surface area (Å²) in [5.41, 5.74) is 1.68. The second kappa shape index (κ2) is 3.94. The Balaban J connectivity index is 1.76. The van der Waals surface area contributed by atoms with Crippen molar-refractivity contribution in [2.45, 2.75) is 6.42 Å². The van der Waals surface area contributed by atoms with Crippen molar-refractivity contribution in [3.05, 3.63) is 17.7 Å². The lowest BCUT2D eigenvalue weighted by Crippen LogP contribution is -2.04. The zero-order chi connectivity index (χ0) is 8.93. The van der Waals surface area contributed by atoms with Crippen LogP contribution in [-0.2, 0) is 6.42 Å². The molecule has 1 N–H and O–H groups in total. The highest BCUT2D eigenvalue weighted by atomic mass is 32.1. The average Bonchev–Trinajstić information content (AvgIpc) is 2.75. The molecule has 0 saturated carbocycles. The van der Waals surface area contributed by atoms with Crippen molar-refractivity contribution in [3.8, 4) is 0 Å². The van der Waals surface area contributed by atoms with Crippen LogP contribution in [0.2, 0.25) is 0 Å². The zero-order valence-corrected chi connectivity index (χ0v) is 7.49. The third-order valence-electron chi connectivity index (χ3n) is 1.38. The lowest BCUT2D eigenvalue weighted by molar-refractivity contribution is 0.380. The molecule has 0 atom stereocenters. The first-order chi connectivity index (χ1) is 6.45. The normalized spacial score (nSPS) is 10.2. The van der Waals surface area contributed by atoms with E-state index in [-0.39, 0.29) is 0 Å². The van der Waals surface area contributed by atoms with Gasteiger partial charge >= 0.3 is 0 Å². The lowest BCUT2D eigenvalue weighted by atomic mass is 10.4. The lowest BCUT2D eigenvalue weighted by Gasteiger charge is -1.96. The fourth-order valence-corrected chi connectivity index (χ4v) is 1.31. The van der Waals surface area contributed by atoms with Gasteiger partial charge in [-0.2, -0.15) is 4.98 Å². The van der Waals surface area contributed by atoms with Crippen molar-refractivity contribution >= 4 is 16.5 Å². The highest BCUT2D eigenvalue weighted by Gasteiger charge is 1.99. The molecule has 0 saturated heterocycles. The number of hydrogen-bond donors (Lipinski definition) is 1. The summed E-state index contributed by atoms with van der Waals surface area (Å²) >= 11 is 1.46. The summed E-state index contributed by atoms with van der Waals surface area (Å²) in [5.74, 6) is 0.622. The van der Waals surface area contributed by atoms with Crippen LogP contribution in [-0.4, -0.2) is 26.9 Å². The Morgan fingerprint density at radius 2 is 2.54 bits per heavy atom. The van der Waals surface area contributed by atoms with E-state index in [1.54, 1.807) is 5.51 Å². The molecule has 6 nitrogen and oxygen atoms in total. The molecular weight excluding hydrogens is 190 g/mol. The Bertz CT molecular complexity index is 298. The maximum Gasteiger partial charge on any atom is 0.228 e. The fraction of sp³-hybridized carbons (Fsp3) is 0.333. The molecule has 0 aliphatic heterocycles. The summed E-state index contributed by atoms with van der Waals surface area (Å²) in [7, 11) is 0. The average molecular weight is 197 g/mol. The van der Waals surface area contributed by atoms with Gasteiger partial charge in [0.2, 0.25) is 11.0 Å². The van der Waals surface area contributed by atoms with Crippen molar-refractivity contribution in [2.75, 3.05) is 11.9 Å². The van der Waals surface area contributed by atoms with Gasteiger partial charge in [-0.05, 0) is 0 Å².